The molecule has 0 unspecified atom stereocenters. The molecule has 1 aliphatic carbocycles. The van der Waals surface area contributed by atoms with Crippen LogP contribution < -0.4 is 0 Å². The van der Waals surface area contributed by atoms with E-state index in [0.717, 1.165) is 51.3 Å². The van der Waals surface area contributed by atoms with Crippen LogP contribution in [0.3, 0.4) is 0 Å². The molecule has 0 atom stereocenters. The fraction of sp³-hybridized carbons (Fsp3) is 0.0303. The molecule has 8 rings (SSSR count). The van der Waals surface area contributed by atoms with Crippen LogP contribution in [0.15, 0.2) is 84.9 Å². The zero-order valence-corrected chi connectivity index (χ0v) is 22.1. The van der Waals surface area contributed by atoms with Gasteiger partial charge in [0.1, 0.15) is 0 Å². The number of hydrogen-bond donors (Lipinski definition) is 2. The van der Waals surface area contributed by atoms with Gasteiger partial charge in [0.2, 0.25) is 0 Å². The Bertz CT molecular complexity index is 1970. The second kappa shape index (κ2) is 8.90. The van der Waals surface area contributed by atoms with Crippen LogP contribution in [0.4, 0.5) is 0 Å². The Morgan fingerprint density at radius 3 is 1.92 bits per heavy atom. The Kier molecular flexibility index (Phi) is 5.35. The maximum absolute atomic E-state index is 4.86. The second-order valence-corrected chi connectivity index (χ2v) is 9.75. The molecule has 4 nitrogen and oxygen atoms in total. The minimum atomic E-state index is 0. The summed E-state index contributed by atoms with van der Waals surface area (Å²) < 4.78 is 0. The van der Waals surface area contributed by atoms with Crippen molar-refractivity contribution in [2.24, 2.45) is 0 Å². The SMILES string of the molecule is C1=Cc2cc3ccc(cc4cc(-c5cccc6c5Cc5ccccc5-6)c(cc5nc(cc1n2)C=C5)[nH]4)[nH]3.[Ru]. The summed E-state index contributed by atoms with van der Waals surface area (Å²) in [7, 11) is 0. The van der Waals surface area contributed by atoms with Gasteiger partial charge in [-0.1, -0.05) is 42.5 Å². The molecule has 2 N–H and O–H groups in total. The molecule has 8 bridgehead atoms. The molecule has 3 aliphatic rings. The van der Waals surface area contributed by atoms with Crippen molar-refractivity contribution in [3.05, 3.63) is 119 Å². The fourth-order valence-corrected chi connectivity index (χ4v) is 5.65. The van der Waals surface area contributed by atoms with Gasteiger partial charge in [-0.25, -0.2) is 9.97 Å². The number of hydrogen-bond acceptors (Lipinski definition) is 2. The first-order valence-electron chi connectivity index (χ1n) is 12.5. The van der Waals surface area contributed by atoms with Gasteiger partial charge in [0.15, 0.2) is 0 Å². The van der Waals surface area contributed by atoms with Crippen LogP contribution in [0.5, 0.6) is 0 Å². The minimum Gasteiger partial charge on any atom is -0.355 e. The van der Waals surface area contributed by atoms with Gasteiger partial charge in [-0.2, -0.15) is 0 Å². The molecule has 5 heterocycles. The Hall–Kier alpha value is -4.34. The standard InChI is InChI=1S/C33H22N4.Ru/c1-2-5-28-20(4-1)14-31-29(28)6-3-7-30(31)32-18-27-17-25-11-10-23(35-25)15-21-8-9-22(34-21)16-24-12-13-26(36-24)19-33(32)37-27;/h1-13,15-19,35,37H,14H2;. The summed E-state index contributed by atoms with van der Waals surface area (Å²) in [5.41, 5.74) is 15.7. The number of nitrogens with one attached hydrogen (secondary N) is 2. The van der Waals surface area contributed by atoms with E-state index in [2.05, 4.69) is 94.9 Å². The van der Waals surface area contributed by atoms with Crippen molar-refractivity contribution < 1.29 is 19.5 Å². The zero-order chi connectivity index (χ0) is 24.3. The summed E-state index contributed by atoms with van der Waals surface area (Å²) in [5.74, 6) is 0. The number of rotatable bonds is 1. The Morgan fingerprint density at radius 1 is 0.500 bits per heavy atom. The number of aromatic amines is 2. The number of nitrogens with zero attached hydrogens (tertiary/aromatic N) is 2. The summed E-state index contributed by atoms with van der Waals surface area (Å²) >= 11 is 0. The van der Waals surface area contributed by atoms with Crippen LogP contribution in [0.2, 0.25) is 0 Å². The van der Waals surface area contributed by atoms with Crippen molar-refractivity contribution in [3.8, 4) is 22.3 Å². The van der Waals surface area contributed by atoms with E-state index < -0.39 is 0 Å². The molecule has 182 valence electrons. The zero-order valence-electron chi connectivity index (χ0n) is 20.3. The van der Waals surface area contributed by atoms with E-state index in [0.29, 0.717) is 0 Å². The average Bonchev–Trinajstić information content (AvgIpc) is 3.72. The third-order valence-electron chi connectivity index (χ3n) is 7.31. The van der Waals surface area contributed by atoms with E-state index in [1.807, 2.05) is 24.3 Å². The van der Waals surface area contributed by atoms with E-state index in [4.69, 9.17) is 9.97 Å². The Morgan fingerprint density at radius 2 is 1.13 bits per heavy atom. The van der Waals surface area contributed by atoms with Crippen LogP contribution in [-0.2, 0) is 25.9 Å². The number of H-pyrrole nitrogens is 2. The van der Waals surface area contributed by atoms with Gasteiger partial charge in [0.05, 0.1) is 22.8 Å². The smallest absolute Gasteiger partial charge is 0.0659 e. The van der Waals surface area contributed by atoms with Crippen molar-refractivity contribution in [3.63, 3.8) is 0 Å². The van der Waals surface area contributed by atoms with Crippen LogP contribution in [0.1, 0.15) is 33.9 Å². The molecule has 0 saturated carbocycles. The van der Waals surface area contributed by atoms with E-state index in [-0.39, 0.29) is 19.5 Å². The van der Waals surface area contributed by atoms with Crippen molar-refractivity contribution >= 4 is 46.4 Å². The van der Waals surface area contributed by atoms with E-state index in [1.54, 1.807) is 0 Å². The van der Waals surface area contributed by atoms with Gasteiger partial charge in [-0.15, -0.1) is 0 Å². The molecule has 2 aromatic carbocycles. The van der Waals surface area contributed by atoms with Crippen molar-refractivity contribution in [2.75, 3.05) is 0 Å². The van der Waals surface area contributed by atoms with Gasteiger partial charge < -0.3 is 9.97 Å². The molecular formula is C33H22N4Ru. The first-order chi connectivity index (χ1) is 18.2. The third kappa shape index (κ3) is 3.87. The normalized spacial score (nSPS) is 12.7. The first-order valence-corrected chi connectivity index (χ1v) is 12.5. The van der Waals surface area contributed by atoms with Crippen molar-refractivity contribution in [1.29, 1.82) is 0 Å². The molecular weight excluding hydrogens is 553 g/mol. The monoisotopic (exact) mass is 576 g/mol. The van der Waals surface area contributed by atoms with Crippen LogP contribution in [0.25, 0.3) is 68.6 Å². The third-order valence-corrected chi connectivity index (χ3v) is 7.31. The Labute approximate surface area is 232 Å². The van der Waals surface area contributed by atoms with Crippen LogP contribution in [0, 0.1) is 0 Å². The molecule has 0 saturated heterocycles. The topological polar surface area (TPSA) is 57.4 Å². The average molecular weight is 576 g/mol. The van der Waals surface area contributed by atoms with Gasteiger partial charge in [0.25, 0.3) is 0 Å². The van der Waals surface area contributed by atoms with Gasteiger partial charge in [-0.3, -0.25) is 0 Å². The second-order valence-electron chi connectivity index (χ2n) is 9.75. The molecule has 2 aliphatic heterocycles. The summed E-state index contributed by atoms with van der Waals surface area (Å²) in [4.78, 5) is 16.8. The van der Waals surface area contributed by atoms with Crippen LogP contribution in [-0.4, -0.2) is 19.9 Å². The first kappa shape index (κ1) is 22.8. The largest absolute Gasteiger partial charge is 0.355 e. The molecule has 5 heteroatoms. The summed E-state index contributed by atoms with van der Waals surface area (Å²) in [6.07, 6.45) is 9.12. The number of aromatic nitrogens is 4. The maximum Gasteiger partial charge on any atom is 0.0659 e. The number of benzene rings is 2. The van der Waals surface area contributed by atoms with Crippen molar-refractivity contribution in [1.82, 2.24) is 19.9 Å². The number of fused-ring (bicyclic) bond motifs is 11. The van der Waals surface area contributed by atoms with Gasteiger partial charge >= 0.3 is 0 Å². The summed E-state index contributed by atoms with van der Waals surface area (Å²) in [5, 5.41) is 0. The molecule has 0 amide bonds. The van der Waals surface area contributed by atoms with E-state index >= 15 is 0 Å². The Balaban J connectivity index is 0.00000242. The predicted octanol–water partition coefficient (Wildman–Crippen LogP) is 7.89. The van der Waals surface area contributed by atoms with E-state index in [9.17, 15) is 0 Å². The van der Waals surface area contributed by atoms with Gasteiger partial charge in [-0.05, 0) is 101 Å². The van der Waals surface area contributed by atoms with Crippen LogP contribution >= 0.6 is 0 Å². The maximum atomic E-state index is 4.86. The molecule has 3 aromatic heterocycles. The molecule has 0 spiro atoms. The summed E-state index contributed by atoms with van der Waals surface area (Å²) in [6, 6.07) is 30.2. The molecule has 5 aromatic rings. The minimum absolute atomic E-state index is 0. The van der Waals surface area contributed by atoms with Crippen molar-refractivity contribution in [2.45, 2.75) is 6.42 Å². The molecule has 0 radical (unpaired) electrons. The summed E-state index contributed by atoms with van der Waals surface area (Å²) in [6.45, 7) is 0. The fourth-order valence-electron chi connectivity index (χ4n) is 5.65. The predicted molar refractivity (Wildman–Crippen MR) is 153 cm³/mol. The van der Waals surface area contributed by atoms with E-state index in [1.165, 1.54) is 33.4 Å². The van der Waals surface area contributed by atoms with Gasteiger partial charge in [0, 0.05) is 47.1 Å². The molecule has 38 heavy (non-hydrogen) atoms. The quantitative estimate of drug-likeness (QED) is 0.196. The molecule has 0 fully saturated rings.